The van der Waals surface area contributed by atoms with Gasteiger partial charge in [-0.1, -0.05) is 12.1 Å². The zero-order valence-corrected chi connectivity index (χ0v) is 14.9. The molecule has 4 rings (SSSR count). The number of benzene rings is 1. The fourth-order valence-electron chi connectivity index (χ4n) is 2.95. The normalized spacial score (nSPS) is 17.6. The van der Waals surface area contributed by atoms with E-state index in [0.717, 1.165) is 6.29 Å². The summed E-state index contributed by atoms with van der Waals surface area (Å²) in [5.41, 5.74) is 0.531. The van der Waals surface area contributed by atoms with Crippen LogP contribution in [-0.4, -0.2) is 73.8 Å². The zero-order chi connectivity index (χ0) is 18.5. The first-order valence-corrected chi connectivity index (χ1v) is 8.96. The minimum absolute atomic E-state index is 0.205. The van der Waals surface area contributed by atoms with Crippen molar-refractivity contribution in [2.24, 2.45) is 0 Å². The third-order valence-corrected chi connectivity index (χ3v) is 4.38. The van der Waals surface area contributed by atoms with Crippen LogP contribution in [0.15, 0.2) is 24.3 Å². The minimum atomic E-state index is 0.205. The molecule has 0 bridgehead atoms. The van der Waals surface area contributed by atoms with Crippen molar-refractivity contribution >= 4 is 18.2 Å². The minimum Gasteiger partial charge on any atom is -0.424 e. The largest absolute Gasteiger partial charge is 0.424 e. The van der Waals surface area contributed by atoms with E-state index in [-0.39, 0.29) is 6.01 Å². The van der Waals surface area contributed by atoms with E-state index in [1.165, 1.54) is 0 Å². The van der Waals surface area contributed by atoms with Crippen LogP contribution in [0.2, 0.25) is 0 Å². The van der Waals surface area contributed by atoms with Gasteiger partial charge in [0.05, 0.1) is 26.4 Å². The maximum Gasteiger partial charge on any atom is 0.328 e. The van der Waals surface area contributed by atoms with Crippen LogP contribution in [0.5, 0.6) is 11.8 Å². The molecule has 0 saturated carbocycles. The van der Waals surface area contributed by atoms with Crippen LogP contribution in [-0.2, 0) is 9.47 Å². The van der Waals surface area contributed by atoms with Crippen LogP contribution >= 0.6 is 0 Å². The summed E-state index contributed by atoms with van der Waals surface area (Å²) in [6, 6.07) is 7.09. The van der Waals surface area contributed by atoms with Gasteiger partial charge in [0.2, 0.25) is 11.9 Å². The molecule has 3 heterocycles. The molecule has 2 fully saturated rings. The summed E-state index contributed by atoms with van der Waals surface area (Å²) in [6.45, 7) is 5.40. The Morgan fingerprint density at radius 1 is 0.889 bits per heavy atom. The van der Waals surface area contributed by atoms with Gasteiger partial charge in [0, 0.05) is 31.7 Å². The van der Waals surface area contributed by atoms with E-state index in [1.807, 2.05) is 0 Å². The van der Waals surface area contributed by atoms with Gasteiger partial charge < -0.3 is 24.0 Å². The molecule has 2 aromatic rings. The molecule has 2 aliphatic rings. The summed E-state index contributed by atoms with van der Waals surface area (Å²) in [4.78, 5) is 28.7. The lowest BCUT2D eigenvalue weighted by Gasteiger charge is -2.30. The van der Waals surface area contributed by atoms with Crippen molar-refractivity contribution in [3.05, 3.63) is 29.8 Å². The van der Waals surface area contributed by atoms with Crippen molar-refractivity contribution in [1.82, 2.24) is 15.0 Å². The zero-order valence-electron chi connectivity index (χ0n) is 14.9. The topological polar surface area (TPSA) is 89.9 Å². The molecule has 0 amide bonds. The van der Waals surface area contributed by atoms with E-state index in [4.69, 9.17) is 14.2 Å². The lowest BCUT2D eigenvalue weighted by molar-refractivity contribution is 0.112. The molecule has 0 spiro atoms. The molecule has 0 atom stereocenters. The molecule has 2 saturated heterocycles. The van der Waals surface area contributed by atoms with Gasteiger partial charge in [-0.15, -0.1) is 0 Å². The maximum absolute atomic E-state index is 11.0. The van der Waals surface area contributed by atoms with E-state index in [0.29, 0.717) is 75.8 Å². The Kier molecular flexibility index (Phi) is 5.40. The van der Waals surface area contributed by atoms with Crippen molar-refractivity contribution < 1.29 is 19.0 Å². The van der Waals surface area contributed by atoms with Crippen molar-refractivity contribution in [2.75, 3.05) is 62.4 Å². The molecular weight excluding hydrogens is 350 g/mol. The van der Waals surface area contributed by atoms with Crippen molar-refractivity contribution in [3.8, 4) is 11.8 Å². The van der Waals surface area contributed by atoms with Crippen LogP contribution in [0.1, 0.15) is 10.4 Å². The highest BCUT2D eigenvalue weighted by Gasteiger charge is 2.21. The number of rotatable bonds is 5. The third kappa shape index (κ3) is 4.32. The number of nitrogens with zero attached hydrogens (tertiary/aromatic N) is 5. The number of ether oxygens (including phenoxy) is 3. The number of morpholine rings is 2. The molecule has 9 nitrogen and oxygen atoms in total. The van der Waals surface area contributed by atoms with Crippen LogP contribution in [0.25, 0.3) is 0 Å². The van der Waals surface area contributed by atoms with Crippen molar-refractivity contribution in [1.29, 1.82) is 0 Å². The smallest absolute Gasteiger partial charge is 0.328 e. The van der Waals surface area contributed by atoms with Crippen LogP contribution in [0, 0.1) is 0 Å². The van der Waals surface area contributed by atoms with Crippen molar-refractivity contribution in [2.45, 2.75) is 0 Å². The maximum atomic E-state index is 11.0. The predicted molar refractivity (Wildman–Crippen MR) is 97.8 cm³/mol. The summed E-state index contributed by atoms with van der Waals surface area (Å²) >= 11 is 0. The van der Waals surface area contributed by atoms with Crippen LogP contribution in [0.3, 0.4) is 0 Å². The second-order valence-corrected chi connectivity index (χ2v) is 6.21. The first-order valence-electron chi connectivity index (χ1n) is 8.96. The molecule has 1 aromatic carbocycles. The fourth-order valence-corrected chi connectivity index (χ4v) is 2.95. The van der Waals surface area contributed by atoms with E-state index < -0.39 is 0 Å². The van der Waals surface area contributed by atoms with Crippen LogP contribution < -0.4 is 14.5 Å². The van der Waals surface area contributed by atoms with E-state index in [1.54, 1.807) is 24.3 Å². The van der Waals surface area contributed by atoms with Gasteiger partial charge in [-0.05, 0) is 12.1 Å². The van der Waals surface area contributed by atoms with Gasteiger partial charge >= 0.3 is 6.01 Å². The Morgan fingerprint density at radius 2 is 1.48 bits per heavy atom. The number of hydrogen-bond donors (Lipinski definition) is 0. The average molecular weight is 371 g/mol. The molecule has 0 unspecified atom stereocenters. The van der Waals surface area contributed by atoms with Crippen LogP contribution in [0.4, 0.5) is 11.9 Å². The molecule has 2 aliphatic heterocycles. The second kappa shape index (κ2) is 8.28. The molecule has 9 heteroatoms. The Balaban J connectivity index is 1.64. The summed E-state index contributed by atoms with van der Waals surface area (Å²) < 4.78 is 16.7. The number of aromatic nitrogens is 3. The Labute approximate surface area is 156 Å². The molecule has 0 aliphatic carbocycles. The molecule has 27 heavy (non-hydrogen) atoms. The quantitative estimate of drug-likeness (QED) is 0.718. The number of aldehydes is 1. The highest BCUT2D eigenvalue weighted by molar-refractivity contribution is 5.75. The van der Waals surface area contributed by atoms with Gasteiger partial charge in [0.25, 0.3) is 0 Å². The lowest BCUT2D eigenvalue weighted by atomic mass is 10.2. The fraction of sp³-hybridized carbons (Fsp3) is 0.444. The molecule has 142 valence electrons. The average Bonchev–Trinajstić information content (AvgIpc) is 2.75. The summed E-state index contributed by atoms with van der Waals surface area (Å²) in [5.74, 6) is 1.64. The molecular formula is C18H21N5O4. The van der Waals surface area contributed by atoms with E-state index >= 15 is 0 Å². The number of carbonyl (C=O) groups is 1. The number of hydrogen-bond acceptors (Lipinski definition) is 9. The molecule has 1 aromatic heterocycles. The second-order valence-electron chi connectivity index (χ2n) is 6.21. The van der Waals surface area contributed by atoms with E-state index in [9.17, 15) is 4.79 Å². The highest BCUT2D eigenvalue weighted by atomic mass is 16.5. The Hall–Kier alpha value is -2.78. The standard InChI is InChI=1S/C18H21N5O4/c24-13-14-2-1-3-15(12-14)27-18-20-16(22-4-8-25-9-5-22)19-17(21-18)23-6-10-26-11-7-23/h1-3,12-13H,4-11H2. The van der Waals surface area contributed by atoms with Gasteiger partial charge in [-0.3, -0.25) is 4.79 Å². The first-order chi connectivity index (χ1) is 13.3. The monoisotopic (exact) mass is 371 g/mol. The van der Waals surface area contributed by atoms with Gasteiger partial charge in [0.1, 0.15) is 12.0 Å². The Bertz CT molecular complexity index is 755. The molecule has 0 radical (unpaired) electrons. The van der Waals surface area contributed by atoms with Gasteiger partial charge in [-0.25, -0.2) is 0 Å². The first kappa shape index (κ1) is 17.6. The number of carbonyl (C=O) groups excluding carboxylic acids is 1. The molecule has 0 N–H and O–H groups in total. The summed E-state index contributed by atoms with van der Waals surface area (Å²) in [7, 11) is 0. The summed E-state index contributed by atoms with van der Waals surface area (Å²) in [5, 5.41) is 0. The summed E-state index contributed by atoms with van der Waals surface area (Å²) in [6.07, 6.45) is 0.776. The van der Waals surface area contributed by atoms with Gasteiger partial charge in [0.15, 0.2) is 0 Å². The number of anilines is 2. The predicted octanol–water partition coefficient (Wildman–Crippen LogP) is 1.15. The highest BCUT2D eigenvalue weighted by Crippen LogP contribution is 2.24. The van der Waals surface area contributed by atoms with E-state index in [2.05, 4.69) is 24.8 Å². The third-order valence-electron chi connectivity index (χ3n) is 4.38. The Morgan fingerprint density at radius 3 is 2.04 bits per heavy atom. The lowest BCUT2D eigenvalue weighted by Crippen LogP contribution is -2.40. The van der Waals surface area contributed by atoms with Crippen molar-refractivity contribution in [3.63, 3.8) is 0 Å². The SMILES string of the molecule is O=Cc1cccc(Oc2nc(N3CCOCC3)nc(N3CCOCC3)n2)c1. The van der Waals surface area contributed by atoms with Gasteiger partial charge in [-0.2, -0.15) is 15.0 Å².